The number of hydrogen-bond acceptors (Lipinski definition) is 4. The van der Waals surface area contributed by atoms with E-state index in [4.69, 9.17) is 4.74 Å². The second kappa shape index (κ2) is 10.1. The molecule has 6 nitrogen and oxygen atoms in total. The molecule has 4 rings (SSSR count). The Morgan fingerprint density at radius 2 is 1.85 bits per heavy atom. The maximum Gasteiger partial charge on any atom is 0.257 e. The standard InChI is InChI=1S/C25H27F2N3O3/c1-2-3-8-30-16-20(25(32)28-15-17-4-6-18(26)7-5-17)24(31)19-13-21(27)23(14-22(19)30)29-9-11-33-12-10-29/h4-7,13-14,16H,2-3,8-12,15H2,1H3,(H,28,32). The van der Waals surface area contributed by atoms with Gasteiger partial charge in [-0.1, -0.05) is 25.5 Å². The number of nitrogens with zero attached hydrogens (tertiary/aromatic N) is 2. The number of benzene rings is 2. The Kier molecular flexibility index (Phi) is 7.03. The van der Waals surface area contributed by atoms with Gasteiger partial charge in [-0.05, 0) is 36.2 Å². The molecule has 1 aromatic heterocycles. The van der Waals surface area contributed by atoms with Crippen LogP contribution in [0.1, 0.15) is 35.7 Å². The van der Waals surface area contributed by atoms with Crippen LogP contribution >= 0.6 is 0 Å². The predicted molar refractivity (Wildman–Crippen MR) is 124 cm³/mol. The highest BCUT2D eigenvalue weighted by molar-refractivity contribution is 5.97. The average Bonchev–Trinajstić information content (AvgIpc) is 2.83. The molecule has 0 atom stereocenters. The molecule has 0 unspecified atom stereocenters. The van der Waals surface area contributed by atoms with Crippen molar-refractivity contribution >= 4 is 22.5 Å². The second-order valence-corrected chi connectivity index (χ2v) is 8.15. The van der Waals surface area contributed by atoms with Crippen molar-refractivity contribution in [2.45, 2.75) is 32.9 Å². The Morgan fingerprint density at radius 3 is 2.55 bits per heavy atom. The van der Waals surface area contributed by atoms with Gasteiger partial charge in [-0.15, -0.1) is 0 Å². The summed E-state index contributed by atoms with van der Waals surface area (Å²) in [7, 11) is 0. The lowest BCUT2D eigenvalue weighted by Gasteiger charge is -2.29. The first-order chi connectivity index (χ1) is 16.0. The number of anilines is 1. The zero-order chi connectivity index (χ0) is 23.4. The molecule has 1 amide bonds. The first kappa shape index (κ1) is 22.9. The van der Waals surface area contributed by atoms with Crippen molar-refractivity contribution in [3.05, 3.63) is 75.6 Å². The maximum absolute atomic E-state index is 15.0. The van der Waals surface area contributed by atoms with E-state index in [9.17, 15) is 14.0 Å². The third-order valence-electron chi connectivity index (χ3n) is 5.86. The van der Waals surface area contributed by atoms with Crippen molar-refractivity contribution < 1.29 is 18.3 Å². The van der Waals surface area contributed by atoms with Gasteiger partial charge in [0.05, 0.1) is 24.4 Å². The number of carbonyl (C=O) groups excluding carboxylic acids is 1. The van der Waals surface area contributed by atoms with Gasteiger partial charge in [0.25, 0.3) is 5.91 Å². The van der Waals surface area contributed by atoms with Crippen LogP contribution in [0, 0.1) is 11.6 Å². The van der Waals surface area contributed by atoms with Crippen LogP contribution in [0.5, 0.6) is 0 Å². The van der Waals surface area contributed by atoms with Gasteiger partial charge < -0.3 is 19.5 Å². The van der Waals surface area contributed by atoms with E-state index in [2.05, 4.69) is 12.2 Å². The number of halogens is 2. The minimum atomic E-state index is -0.547. The van der Waals surface area contributed by atoms with E-state index < -0.39 is 17.2 Å². The van der Waals surface area contributed by atoms with Crippen molar-refractivity contribution in [1.29, 1.82) is 0 Å². The summed E-state index contributed by atoms with van der Waals surface area (Å²) < 4.78 is 35.4. The number of fused-ring (bicyclic) bond motifs is 1. The lowest BCUT2D eigenvalue weighted by molar-refractivity contribution is 0.0949. The number of morpholine rings is 1. The Balaban J connectivity index is 1.70. The number of unbranched alkanes of at least 4 members (excludes halogenated alkanes) is 1. The van der Waals surface area contributed by atoms with Crippen molar-refractivity contribution in [1.82, 2.24) is 9.88 Å². The zero-order valence-corrected chi connectivity index (χ0v) is 18.6. The number of aryl methyl sites for hydroxylation is 1. The van der Waals surface area contributed by atoms with Crippen LogP contribution in [0.3, 0.4) is 0 Å². The van der Waals surface area contributed by atoms with Gasteiger partial charge in [0.1, 0.15) is 17.2 Å². The summed E-state index contributed by atoms with van der Waals surface area (Å²) >= 11 is 0. The normalized spacial score (nSPS) is 14.0. The first-order valence-electron chi connectivity index (χ1n) is 11.2. The minimum Gasteiger partial charge on any atom is -0.378 e. The van der Waals surface area contributed by atoms with E-state index in [-0.39, 0.29) is 23.3 Å². The third-order valence-corrected chi connectivity index (χ3v) is 5.86. The summed E-state index contributed by atoms with van der Waals surface area (Å²) in [6.45, 7) is 4.99. The van der Waals surface area contributed by atoms with Crippen LogP contribution in [-0.2, 0) is 17.8 Å². The van der Waals surface area contributed by atoms with E-state index in [1.807, 2.05) is 9.47 Å². The summed E-state index contributed by atoms with van der Waals surface area (Å²) in [5, 5.41) is 2.89. The van der Waals surface area contributed by atoms with E-state index in [1.165, 1.54) is 18.2 Å². The largest absolute Gasteiger partial charge is 0.378 e. The van der Waals surface area contributed by atoms with Crippen LogP contribution < -0.4 is 15.6 Å². The van der Waals surface area contributed by atoms with Gasteiger partial charge in [-0.25, -0.2) is 8.78 Å². The van der Waals surface area contributed by atoms with Crippen molar-refractivity contribution in [2.75, 3.05) is 31.2 Å². The fraction of sp³-hybridized carbons (Fsp3) is 0.360. The smallest absolute Gasteiger partial charge is 0.257 e. The van der Waals surface area contributed by atoms with E-state index in [0.717, 1.165) is 12.8 Å². The van der Waals surface area contributed by atoms with Gasteiger partial charge >= 0.3 is 0 Å². The molecule has 1 fully saturated rings. The van der Waals surface area contributed by atoms with Crippen LogP contribution in [0.25, 0.3) is 10.9 Å². The van der Waals surface area contributed by atoms with E-state index >= 15 is 4.39 Å². The SMILES string of the molecule is CCCCn1cc(C(=O)NCc2ccc(F)cc2)c(=O)c2cc(F)c(N3CCOCC3)cc21. The summed E-state index contributed by atoms with van der Waals surface area (Å²) in [4.78, 5) is 27.9. The van der Waals surface area contributed by atoms with Crippen LogP contribution in [0.4, 0.5) is 14.5 Å². The van der Waals surface area contributed by atoms with Crippen molar-refractivity contribution in [3.63, 3.8) is 0 Å². The van der Waals surface area contributed by atoms with Gasteiger partial charge in [-0.3, -0.25) is 9.59 Å². The molecule has 174 valence electrons. The Morgan fingerprint density at radius 1 is 1.12 bits per heavy atom. The average molecular weight is 456 g/mol. The van der Waals surface area contributed by atoms with Crippen LogP contribution in [0.15, 0.2) is 47.4 Å². The van der Waals surface area contributed by atoms with Gasteiger partial charge in [0.15, 0.2) is 0 Å². The Bertz CT molecular complexity index is 1200. The summed E-state index contributed by atoms with van der Waals surface area (Å²) in [5.74, 6) is -1.40. The molecule has 1 aliphatic rings. The number of nitrogens with one attached hydrogen (secondary N) is 1. The quantitative estimate of drug-likeness (QED) is 0.588. The number of amides is 1. The predicted octanol–water partition coefficient (Wildman–Crippen LogP) is 3.85. The lowest BCUT2D eigenvalue weighted by Crippen LogP contribution is -2.37. The van der Waals surface area contributed by atoms with Gasteiger partial charge in [-0.2, -0.15) is 0 Å². The molecule has 2 heterocycles. The highest BCUT2D eigenvalue weighted by Crippen LogP contribution is 2.26. The third kappa shape index (κ3) is 5.06. The van der Waals surface area contributed by atoms with E-state index in [1.54, 1.807) is 24.4 Å². The van der Waals surface area contributed by atoms with Gasteiger partial charge in [0.2, 0.25) is 5.43 Å². The Hall–Kier alpha value is -3.26. The minimum absolute atomic E-state index is 0.0424. The molecule has 1 N–H and O–H groups in total. The Labute approximate surface area is 190 Å². The first-order valence-corrected chi connectivity index (χ1v) is 11.2. The summed E-state index contributed by atoms with van der Waals surface area (Å²) in [5.41, 5.74) is 1.19. The molecular weight excluding hydrogens is 428 g/mol. The molecule has 1 saturated heterocycles. The van der Waals surface area contributed by atoms with Gasteiger partial charge in [0, 0.05) is 37.8 Å². The van der Waals surface area contributed by atoms with Crippen molar-refractivity contribution in [3.8, 4) is 0 Å². The molecule has 33 heavy (non-hydrogen) atoms. The highest BCUT2D eigenvalue weighted by Gasteiger charge is 2.21. The molecule has 0 bridgehead atoms. The number of aromatic nitrogens is 1. The zero-order valence-electron chi connectivity index (χ0n) is 18.6. The molecular formula is C25H27F2N3O3. The molecule has 3 aromatic rings. The summed E-state index contributed by atoms with van der Waals surface area (Å²) in [6, 6.07) is 8.69. The number of carbonyl (C=O) groups is 1. The molecule has 0 saturated carbocycles. The van der Waals surface area contributed by atoms with Crippen LogP contribution in [0.2, 0.25) is 0 Å². The lowest BCUT2D eigenvalue weighted by atomic mass is 10.1. The van der Waals surface area contributed by atoms with Crippen molar-refractivity contribution in [2.24, 2.45) is 0 Å². The highest BCUT2D eigenvalue weighted by atomic mass is 19.1. The number of rotatable bonds is 7. The number of pyridine rings is 1. The molecule has 8 heteroatoms. The molecule has 0 spiro atoms. The fourth-order valence-corrected chi connectivity index (χ4v) is 4.00. The van der Waals surface area contributed by atoms with E-state index in [0.29, 0.717) is 49.6 Å². The molecule has 0 aliphatic carbocycles. The number of ether oxygens (including phenoxy) is 1. The summed E-state index contributed by atoms with van der Waals surface area (Å²) in [6.07, 6.45) is 3.33. The monoisotopic (exact) mass is 455 g/mol. The van der Waals surface area contributed by atoms with Crippen LogP contribution in [-0.4, -0.2) is 36.8 Å². The maximum atomic E-state index is 15.0. The molecule has 0 radical (unpaired) electrons. The second-order valence-electron chi connectivity index (χ2n) is 8.15. The molecule has 1 aliphatic heterocycles. The molecule has 2 aromatic carbocycles. The number of hydrogen-bond donors (Lipinski definition) is 1. The fourth-order valence-electron chi connectivity index (χ4n) is 4.00. The topological polar surface area (TPSA) is 63.6 Å².